The molecule has 2 rings (SSSR count). The van der Waals surface area contributed by atoms with E-state index in [0.29, 0.717) is 18.4 Å². The summed E-state index contributed by atoms with van der Waals surface area (Å²) in [6.07, 6.45) is -4.83. The van der Waals surface area contributed by atoms with Gasteiger partial charge in [-0.1, -0.05) is 42.0 Å². The molecule has 0 aliphatic carbocycles. The van der Waals surface area contributed by atoms with Crippen LogP contribution in [-0.4, -0.2) is 32.7 Å². The van der Waals surface area contributed by atoms with Crippen LogP contribution in [0.2, 0.25) is 0 Å². The molecule has 1 atom stereocenters. The van der Waals surface area contributed by atoms with E-state index >= 15 is 0 Å². The lowest BCUT2D eigenvalue weighted by Crippen LogP contribution is -2.45. The molecule has 0 unspecified atom stereocenters. The summed E-state index contributed by atoms with van der Waals surface area (Å²) >= 11 is 1.60. The van der Waals surface area contributed by atoms with Crippen molar-refractivity contribution in [1.29, 1.82) is 0 Å². The normalized spacial score (nSPS) is 13.1. The van der Waals surface area contributed by atoms with Crippen LogP contribution in [0.5, 0.6) is 0 Å². The maximum absolute atomic E-state index is 13.1. The van der Waals surface area contributed by atoms with Crippen LogP contribution in [0.25, 0.3) is 0 Å². The Morgan fingerprint density at radius 3 is 2.37 bits per heavy atom. The van der Waals surface area contributed by atoms with Gasteiger partial charge in [0.2, 0.25) is 15.9 Å². The Labute approximate surface area is 178 Å². The molecule has 2 N–H and O–H groups in total. The third kappa shape index (κ3) is 7.03. The number of hydrogen-bond donors (Lipinski definition) is 2. The highest BCUT2D eigenvalue weighted by molar-refractivity contribution is 7.98. The van der Waals surface area contributed by atoms with Crippen LogP contribution < -0.4 is 10.0 Å². The summed E-state index contributed by atoms with van der Waals surface area (Å²) in [6.45, 7) is 3.59. The highest BCUT2D eigenvalue weighted by atomic mass is 32.2. The Bertz CT molecular complexity index is 962. The summed E-state index contributed by atoms with van der Waals surface area (Å²) in [5.41, 5.74) is 1.05. The number of alkyl halides is 3. The van der Waals surface area contributed by atoms with Crippen molar-refractivity contribution < 1.29 is 26.4 Å². The molecule has 2 aromatic rings. The Balaban J connectivity index is 1.85. The molecule has 5 nitrogen and oxygen atoms in total. The fourth-order valence-corrected chi connectivity index (χ4v) is 4.81. The van der Waals surface area contributed by atoms with Gasteiger partial charge in [-0.15, -0.1) is 0 Å². The highest BCUT2D eigenvalue weighted by Gasteiger charge is 2.37. The minimum Gasteiger partial charge on any atom is -0.354 e. The van der Waals surface area contributed by atoms with Gasteiger partial charge in [-0.05, 0) is 31.5 Å². The molecule has 0 aliphatic rings. The number of sulfonamides is 1. The fraction of sp³-hybridized carbons (Fsp3) is 0.350. The predicted octanol–water partition coefficient (Wildman–Crippen LogP) is 3.73. The monoisotopic (exact) mass is 460 g/mol. The maximum atomic E-state index is 13.1. The molecule has 0 saturated carbocycles. The van der Waals surface area contributed by atoms with Gasteiger partial charge in [0.25, 0.3) is 0 Å². The van der Waals surface area contributed by atoms with Crippen LogP contribution in [0, 0.1) is 6.92 Å². The van der Waals surface area contributed by atoms with Crippen LogP contribution in [0.3, 0.4) is 0 Å². The van der Waals surface area contributed by atoms with Crippen LogP contribution >= 0.6 is 11.8 Å². The van der Waals surface area contributed by atoms with Crippen molar-refractivity contribution in [2.45, 2.75) is 36.7 Å². The van der Waals surface area contributed by atoms with Gasteiger partial charge < -0.3 is 5.32 Å². The molecule has 0 bridgehead atoms. The molecule has 1 amide bonds. The van der Waals surface area contributed by atoms with Crippen LogP contribution in [0.1, 0.15) is 23.6 Å². The highest BCUT2D eigenvalue weighted by Crippen LogP contribution is 2.33. The Kier molecular flexibility index (Phi) is 8.34. The van der Waals surface area contributed by atoms with Crippen molar-refractivity contribution in [2.75, 3.05) is 12.3 Å². The first-order valence-corrected chi connectivity index (χ1v) is 11.7. The largest absolute Gasteiger partial charge is 0.417 e. The van der Waals surface area contributed by atoms with Crippen molar-refractivity contribution in [2.24, 2.45) is 0 Å². The summed E-state index contributed by atoms with van der Waals surface area (Å²) in [6, 6.07) is 10.7. The molecule has 0 fully saturated rings. The standard InChI is InChI=1S/C20H23F3N2O3S2/c1-14-7-9-16(10-8-14)13-29-12-11-24-19(26)15(2)25-30(27,28)18-6-4-3-5-17(18)20(21,22)23/h3-10,15,25H,11-13H2,1-2H3,(H,24,26)/t15-/m0/s1. The Hall–Kier alpha value is -2.04. The zero-order valence-corrected chi connectivity index (χ0v) is 18.1. The number of thioether (sulfide) groups is 1. The Morgan fingerprint density at radius 1 is 1.10 bits per heavy atom. The second-order valence-corrected chi connectivity index (χ2v) is 9.45. The van der Waals surface area contributed by atoms with Gasteiger partial charge in [0.1, 0.15) is 0 Å². The summed E-state index contributed by atoms with van der Waals surface area (Å²) in [7, 11) is -4.53. The van der Waals surface area contributed by atoms with Crippen molar-refractivity contribution in [1.82, 2.24) is 10.0 Å². The van der Waals surface area contributed by atoms with E-state index in [4.69, 9.17) is 0 Å². The molecule has 0 heterocycles. The van der Waals surface area contributed by atoms with Crippen molar-refractivity contribution >= 4 is 27.7 Å². The summed E-state index contributed by atoms with van der Waals surface area (Å²) in [5.74, 6) is 0.765. The van der Waals surface area contributed by atoms with E-state index < -0.39 is 38.6 Å². The van der Waals surface area contributed by atoms with Gasteiger partial charge in [0.05, 0.1) is 16.5 Å². The Morgan fingerprint density at radius 2 is 1.73 bits per heavy atom. The second-order valence-electron chi connectivity index (χ2n) is 6.67. The molecular weight excluding hydrogens is 437 g/mol. The number of benzene rings is 2. The molecule has 10 heteroatoms. The quantitative estimate of drug-likeness (QED) is 0.559. The molecular formula is C20H23F3N2O3S2. The fourth-order valence-electron chi connectivity index (χ4n) is 2.56. The summed E-state index contributed by atoms with van der Waals surface area (Å²) in [5, 5.41) is 2.59. The minimum absolute atomic E-state index is 0.306. The average Bonchev–Trinajstić information content (AvgIpc) is 2.68. The number of hydrogen-bond acceptors (Lipinski definition) is 4. The van der Waals surface area contributed by atoms with Gasteiger partial charge in [0, 0.05) is 18.1 Å². The van der Waals surface area contributed by atoms with Crippen molar-refractivity contribution in [3.63, 3.8) is 0 Å². The third-order valence-corrected chi connectivity index (χ3v) is 6.77. The van der Waals surface area contributed by atoms with Gasteiger partial charge in [-0.2, -0.15) is 29.7 Å². The molecule has 164 valence electrons. The van der Waals surface area contributed by atoms with E-state index in [-0.39, 0.29) is 0 Å². The summed E-state index contributed by atoms with van der Waals surface area (Å²) < 4.78 is 66.0. The number of amides is 1. The van der Waals surface area contributed by atoms with Gasteiger partial charge in [-0.3, -0.25) is 4.79 Å². The van der Waals surface area contributed by atoms with Crippen LogP contribution in [-0.2, 0) is 26.7 Å². The number of carbonyl (C=O) groups is 1. The van der Waals surface area contributed by atoms with E-state index in [9.17, 15) is 26.4 Å². The summed E-state index contributed by atoms with van der Waals surface area (Å²) in [4.78, 5) is 11.2. The van der Waals surface area contributed by atoms with Gasteiger partial charge in [0.15, 0.2) is 0 Å². The lowest BCUT2D eigenvalue weighted by molar-refractivity contribution is -0.139. The molecule has 0 aromatic heterocycles. The first kappa shape index (κ1) is 24.2. The maximum Gasteiger partial charge on any atom is 0.417 e. The second kappa shape index (κ2) is 10.3. The average molecular weight is 461 g/mol. The number of nitrogens with one attached hydrogen (secondary N) is 2. The topological polar surface area (TPSA) is 75.3 Å². The molecule has 0 spiro atoms. The van der Waals surface area contributed by atoms with E-state index in [1.165, 1.54) is 18.6 Å². The van der Waals surface area contributed by atoms with Crippen LogP contribution in [0.4, 0.5) is 13.2 Å². The lowest BCUT2D eigenvalue weighted by Gasteiger charge is -2.17. The SMILES string of the molecule is Cc1ccc(CSCCNC(=O)[C@H](C)NS(=O)(=O)c2ccccc2C(F)(F)F)cc1. The molecule has 0 aliphatic heterocycles. The van der Waals surface area contributed by atoms with E-state index in [2.05, 4.69) is 5.32 Å². The zero-order chi connectivity index (χ0) is 22.4. The first-order valence-electron chi connectivity index (χ1n) is 9.10. The molecule has 30 heavy (non-hydrogen) atoms. The van der Waals surface area contributed by atoms with E-state index in [1.807, 2.05) is 35.9 Å². The number of halogens is 3. The van der Waals surface area contributed by atoms with Crippen LogP contribution in [0.15, 0.2) is 53.4 Å². The van der Waals surface area contributed by atoms with E-state index in [0.717, 1.165) is 23.4 Å². The number of aryl methyl sites for hydroxylation is 1. The van der Waals surface area contributed by atoms with Gasteiger partial charge in [-0.25, -0.2) is 8.42 Å². The first-order chi connectivity index (χ1) is 14.0. The minimum atomic E-state index is -4.83. The molecule has 0 radical (unpaired) electrons. The van der Waals surface area contributed by atoms with Crippen molar-refractivity contribution in [3.05, 3.63) is 65.2 Å². The third-order valence-electron chi connectivity index (χ3n) is 4.14. The molecule has 2 aromatic carbocycles. The lowest BCUT2D eigenvalue weighted by atomic mass is 10.2. The number of carbonyl (C=O) groups excluding carboxylic acids is 1. The van der Waals surface area contributed by atoms with Crippen molar-refractivity contribution in [3.8, 4) is 0 Å². The smallest absolute Gasteiger partial charge is 0.354 e. The van der Waals surface area contributed by atoms with E-state index in [1.54, 1.807) is 11.8 Å². The molecule has 0 saturated heterocycles. The zero-order valence-electron chi connectivity index (χ0n) is 16.5. The predicted molar refractivity (Wildman–Crippen MR) is 112 cm³/mol. The van der Waals surface area contributed by atoms with Gasteiger partial charge >= 0.3 is 6.18 Å². The number of rotatable bonds is 9.